The van der Waals surface area contributed by atoms with Crippen LogP contribution in [0.1, 0.15) is 55.9 Å². The summed E-state index contributed by atoms with van der Waals surface area (Å²) in [6.07, 6.45) is 2.36. The first-order valence-electron chi connectivity index (χ1n) is 13.9. The number of sulfonamides is 1. The molecular weight excluding hydrogens is 522 g/mol. The van der Waals surface area contributed by atoms with E-state index < -0.39 is 28.5 Å². The van der Waals surface area contributed by atoms with Crippen molar-refractivity contribution >= 4 is 27.5 Å². The van der Waals surface area contributed by atoms with E-state index in [1.807, 2.05) is 64.1 Å². The minimum Gasteiger partial charge on any atom is -0.354 e. The van der Waals surface area contributed by atoms with Crippen molar-refractivity contribution in [3.63, 3.8) is 0 Å². The summed E-state index contributed by atoms with van der Waals surface area (Å²) in [5.41, 5.74) is 4.09. The highest BCUT2D eigenvalue weighted by Crippen LogP contribution is 2.28. The topological polar surface area (TPSA) is 86.8 Å². The van der Waals surface area contributed by atoms with Crippen LogP contribution in [0.2, 0.25) is 0 Å². The van der Waals surface area contributed by atoms with E-state index in [-0.39, 0.29) is 17.3 Å². The summed E-state index contributed by atoms with van der Waals surface area (Å²) >= 11 is 0. The Labute approximate surface area is 239 Å². The van der Waals surface area contributed by atoms with Gasteiger partial charge in [0.05, 0.1) is 10.6 Å². The largest absolute Gasteiger partial charge is 0.354 e. The van der Waals surface area contributed by atoms with Crippen LogP contribution in [0.5, 0.6) is 0 Å². The van der Waals surface area contributed by atoms with E-state index in [0.29, 0.717) is 18.7 Å². The summed E-state index contributed by atoms with van der Waals surface area (Å²) in [4.78, 5) is 28.7. The number of carbonyl (C=O) groups is 2. The van der Waals surface area contributed by atoms with E-state index in [2.05, 4.69) is 5.32 Å². The van der Waals surface area contributed by atoms with Crippen LogP contribution < -0.4 is 9.62 Å². The highest BCUT2D eigenvalue weighted by atomic mass is 32.2. The highest BCUT2D eigenvalue weighted by Gasteiger charge is 2.33. The smallest absolute Gasteiger partial charge is 0.264 e. The Balaban J connectivity index is 2.04. The standard InChI is InChI=1S/C32H41N3O4S/c1-6-8-20-33-32(37)26(5)34(22-27-13-11-12-25(4)21-27)31(36)23-35(30-15-10-9-14-28(30)7-2)40(38,39)29-18-16-24(3)17-19-29/h9-19,21,26H,6-8,20,22-23H2,1-5H3,(H,33,37)/t26-/m0/s1. The SMILES string of the molecule is CCCCNC(=O)[C@H](C)N(Cc1cccc(C)c1)C(=O)CN(c1ccccc1CC)S(=O)(=O)c1ccc(C)cc1. The lowest BCUT2D eigenvalue weighted by Crippen LogP contribution is -2.51. The zero-order chi connectivity index (χ0) is 29.3. The van der Waals surface area contributed by atoms with Crippen LogP contribution in [0.25, 0.3) is 0 Å². The molecule has 0 fully saturated rings. The molecule has 214 valence electrons. The number of carbonyl (C=O) groups excluding carboxylic acids is 2. The van der Waals surface area contributed by atoms with Gasteiger partial charge >= 0.3 is 0 Å². The zero-order valence-electron chi connectivity index (χ0n) is 24.2. The third-order valence-electron chi connectivity index (χ3n) is 6.96. The molecule has 0 aliphatic carbocycles. The number of anilines is 1. The van der Waals surface area contributed by atoms with Crippen LogP contribution in [0.3, 0.4) is 0 Å². The first-order valence-corrected chi connectivity index (χ1v) is 15.3. The monoisotopic (exact) mass is 563 g/mol. The maximum atomic E-state index is 14.1. The lowest BCUT2D eigenvalue weighted by Gasteiger charge is -2.32. The van der Waals surface area contributed by atoms with Gasteiger partial charge in [0.15, 0.2) is 0 Å². The number of nitrogens with one attached hydrogen (secondary N) is 1. The third kappa shape index (κ3) is 7.72. The van der Waals surface area contributed by atoms with Crippen molar-refractivity contribution in [2.75, 3.05) is 17.4 Å². The van der Waals surface area contributed by atoms with E-state index in [1.165, 1.54) is 9.21 Å². The number of para-hydroxylation sites is 1. The van der Waals surface area contributed by atoms with E-state index in [0.717, 1.165) is 35.1 Å². The molecule has 0 radical (unpaired) electrons. The molecule has 7 nitrogen and oxygen atoms in total. The summed E-state index contributed by atoms with van der Waals surface area (Å²) in [6, 6.07) is 20.8. The molecule has 0 bridgehead atoms. The fourth-order valence-electron chi connectivity index (χ4n) is 4.53. The second-order valence-corrected chi connectivity index (χ2v) is 12.0. The second kappa shape index (κ2) is 14.1. The van der Waals surface area contributed by atoms with Crippen molar-refractivity contribution in [1.82, 2.24) is 10.2 Å². The molecule has 3 aromatic rings. The molecule has 0 saturated heterocycles. The van der Waals surface area contributed by atoms with Gasteiger partial charge in [-0.3, -0.25) is 13.9 Å². The predicted octanol–water partition coefficient (Wildman–Crippen LogP) is 5.39. The molecule has 3 aromatic carbocycles. The lowest BCUT2D eigenvalue weighted by atomic mass is 10.1. The normalized spacial score (nSPS) is 12.0. The highest BCUT2D eigenvalue weighted by molar-refractivity contribution is 7.92. The van der Waals surface area contributed by atoms with Crippen molar-refractivity contribution in [3.05, 3.63) is 95.1 Å². The average molecular weight is 564 g/mol. The maximum Gasteiger partial charge on any atom is 0.264 e. The van der Waals surface area contributed by atoms with Gasteiger partial charge in [0, 0.05) is 13.1 Å². The Morgan fingerprint density at radius 2 is 1.60 bits per heavy atom. The van der Waals surface area contributed by atoms with Crippen molar-refractivity contribution in [2.45, 2.75) is 71.4 Å². The fraction of sp³-hybridized carbons (Fsp3) is 0.375. The summed E-state index contributed by atoms with van der Waals surface area (Å²) < 4.78 is 29.2. The molecule has 1 N–H and O–H groups in total. The molecule has 0 aromatic heterocycles. The van der Waals surface area contributed by atoms with Gasteiger partial charge in [0.1, 0.15) is 12.6 Å². The van der Waals surface area contributed by atoms with Gasteiger partial charge < -0.3 is 10.2 Å². The van der Waals surface area contributed by atoms with Gasteiger partial charge in [0.25, 0.3) is 10.0 Å². The molecule has 0 spiro atoms. The van der Waals surface area contributed by atoms with Gasteiger partial charge in [-0.2, -0.15) is 0 Å². The van der Waals surface area contributed by atoms with Crippen molar-refractivity contribution in [2.24, 2.45) is 0 Å². The molecule has 0 unspecified atom stereocenters. The first-order chi connectivity index (χ1) is 19.1. The third-order valence-corrected chi connectivity index (χ3v) is 8.74. The number of aryl methyl sites for hydroxylation is 3. The van der Waals surface area contributed by atoms with Crippen LogP contribution in [-0.2, 0) is 32.6 Å². The first kappa shape index (κ1) is 30.9. The molecule has 8 heteroatoms. The number of nitrogens with zero attached hydrogens (tertiary/aromatic N) is 2. The van der Waals surface area contributed by atoms with Crippen LogP contribution in [-0.4, -0.2) is 44.3 Å². The Bertz CT molecular complexity index is 1400. The minimum atomic E-state index is -4.09. The number of unbranched alkanes of at least 4 members (excludes halogenated alkanes) is 1. The second-order valence-electron chi connectivity index (χ2n) is 10.1. The van der Waals surface area contributed by atoms with Crippen LogP contribution in [0.4, 0.5) is 5.69 Å². The number of hydrogen-bond donors (Lipinski definition) is 1. The minimum absolute atomic E-state index is 0.104. The maximum absolute atomic E-state index is 14.1. The molecule has 3 rings (SSSR count). The molecule has 0 aliphatic rings. The molecule has 1 atom stereocenters. The Morgan fingerprint density at radius 3 is 2.25 bits per heavy atom. The van der Waals surface area contributed by atoms with Gasteiger partial charge in [-0.25, -0.2) is 8.42 Å². The molecule has 0 heterocycles. The fourth-order valence-corrected chi connectivity index (χ4v) is 5.98. The van der Waals surface area contributed by atoms with Gasteiger partial charge in [-0.15, -0.1) is 0 Å². The van der Waals surface area contributed by atoms with Gasteiger partial charge in [0.2, 0.25) is 11.8 Å². The van der Waals surface area contributed by atoms with Gasteiger partial charge in [-0.05, 0) is 62.9 Å². The van der Waals surface area contributed by atoms with Crippen molar-refractivity contribution < 1.29 is 18.0 Å². The number of hydrogen-bond acceptors (Lipinski definition) is 4. The lowest BCUT2D eigenvalue weighted by molar-refractivity contribution is -0.139. The van der Waals surface area contributed by atoms with E-state index in [1.54, 1.807) is 43.3 Å². The summed E-state index contributed by atoms with van der Waals surface area (Å²) in [7, 11) is -4.09. The summed E-state index contributed by atoms with van der Waals surface area (Å²) in [5, 5.41) is 2.92. The van der Waals surface area contributed by atoms with Crippen molar-refractivity contribution in [3.8, 4) is 0 Å². The van der Waals surface area contributed by atoms with Gasteiger partial charge in [-0.1, -0.05) is 86.0 Å². The number of amides is 2. The van der Waals surface area contributed by atoms with Crippen LogP contribution in [0, 0.1) is 13.8 Å². The molecule has 0 saturated carbocycles. The van der Waals surface area contributed by atoms with E-state index in [4.69, 9.17) is 0 Å². The molecule has 2 amide bonds. The van der Waals surface area contributed by atoms with Crippen molar-refractivity contribution in [1.29, 1.82) is 0 Å². The van der Waals surface area contributed by atoms with E-state index in [9.17, 15) is 18.0 Å². The predicted molar refractivity (Wildman–Crippen MR) is 161 cm³/mol. The average Bonchev–Trinajstić information content (AvgIpc) is 2.94. The Kier molecular flexibility index (Phi) is 10.9. The summed E-state index contributed by atoms with van der Waals surface area (Å²) in [6.45, 7) is 9.79. The Morgan fingerprint density at radius 1 is 0.900 bits per heavy atom. The number of benzene rings is 3. The quantitative estimate of drug-likeness (QED) is 0.282. The molecule has 40 heavy (non-hydrogen) atoms. The molecule has 0 aliphatic heterocycles. The zero-order valence-corrected chi connectivity index (χ0v) is 25.0. The Hall–Kier alpha value is -3.65. The van der Waals surface area contributed by atoms with Crippen LogP contribution in [0.15, 0.2) is 77.7 Å². The van der Waals surface area contributed by atoms with E-state index >= 15 is 0 Å². The molecular formula is C32H41N3O4S. The summed E-state index contributed by atoms with van der Waals surface area (Å²) in [5.74, 6) is -0.724. The number of rotatable bonds is 13. The van der Waals surface area contributed by atoms with Crippen LogP contribution >= 0.6 is 0 Å².